The molecular formula is C17H22N2O2S. The fourth-order valence-electron chi connectivity index (χ4n) is 1.93. The molecule has 2 rings (SSSR count). The number of nitrogens with one attached hydrogen (secondary N) is 1. The minimum absolute atomic E-state index is 0.0336. The molecule has 0 saturated heterocycles. The van der Waals surface area contributed by atoms with Gasteiger partial charge in [0.2, 0.25) is 5.91 Å². The number of likely N-dealkylation sites (N-methyl/N-ethyl adjacent to an activating group) is 1. The summed E-state index contributed by atoms with van der Waals surface area (Å²) in [5.74, 6) is 0.896. The van der Waals surface area contributed by atoms with Crippen LogP contribution in [0.4, 0.5) is 0 Å². The van der Waals surface area contributed by atoms with Crippen LogP contribution in [0.1, 0.15) is 10.4 Å². The molecular weight excluding hydrogens is 296 g/mol. The summed E-state index contributed by atoms with van der Waals surface area (Å²) in [5.41, 5.74) is 1.21. The maximum absolute atomic E-state index is 11.8. The third-order valence-corrected chi connectivity index (χ3v) is 4.09. The average molecular weight is 318 g/mol. The predicted molar refractivity (Wildman–Crippen MR) is 90.3 cm³/mol. The van der Waals surface area contributed by atoms with E-state index in [1.54, 1.807) is 11.3 Å². The molecule has 0 aliphatic heterocycles. The quantitative estimate of drug-likeness (QED) is 0.813. The average Bonchev–Trinajstić information content (AvgIpc) is 3.00. The van der Waals surface area contributed by atoms with E-state index >= 15 is 0 Å². The molecule has 4 nitrogen and oxygen atoms in total. The SMILES string of the molecule is Cc1ccc(OCCN(C)CC(=O)NCc2cccs2)cc1. The largest absolute Gasteiger partial charge is 0.492 e. The van der Waals surface area contributed by atoms with Crippen LogP contribution in [0, 0.1) is 6.92 Å². The molecule has 0 spiro atoms. The van der Waals surface area contributed by atoms with Gasteiger partial charge in [0.05, 0.1) is 13.1 Å². The first-order valence-electron chi connectivity index (χ1n) is 7.30. The number of aryl methyl sites for hydroxylation is 1. The Morgan fingerprint density at radius 3 is 2.73 bits per heavy atom. The van der Waals surface area contributed by atoms with Gasteiger partial charge in [-0.3, -0.25) is 9.69 Å². The Labute approximate surface area is 135 Å². The molecule has 0 aliphatic rings. The second kappa shape index (κ2) is 8.56. The zero-order chi connectivity index (χ0) is 15.8. The van der Waals surface area contributed by atoms with E-state index < -0.39 is 0 Å². The van der Waals surface area contributed by atoms with Gasteiger partial charge in [-0.15, -0.1) is 11.3 Å². The number of amides is 1. The summed E-state index contributed by atoms with van der Waals surface area (Å²) < 4.78 is 5.66. The van der Waals surface area contributed by atoms with E-state index in [2.05, 4.69) is 5.32 Å². The van der Waals surface area contributed by atoms with Crippen LogP contribution >= 0.6 is 11.3 Å². The van der Waals surface area contributed by atoms with Crippen molar-refractivity contribution >= 4 is 17.2 Å². The number of thiophene rings is 1. The minimum atomic E-state index is 0.0336. The van der Waals surface area contributed by atoms with Crippen molar-refractivity contribution in [3.05, 3.63) is 52.2 Å². The summed E-state index contributed by atoms with van der Waals surface area (Å²) in [4.78, 5) is 15.0. The molecule has 1 aromatic heterocycles. The van der Waals surface area contributed by atoms with Crippen molar-refractivity contribution in [2.75, 3.05) is 26.7 Å². The van der Waals surface area contributed by atoms with Gasteiger partial charge in [0, 0.05) is 11.4 Å². The van der Waals surface area contributed by atoms with E-state index in [4.69, 9.17) is 4.74 Å². The topological polar surface area (TPSA) is 41.6 Å². The van der Waals surface area contributed by atoms with E-state index in [1.807, 2.05) is 60.6 Å². The van der Waals surface area contributed by atoms with Crippen LogP contribution in [0.15, 0.2) is 41.8 Å². The molecule has 0 aliphatic carbocycles. The summed E-state index contributed by atoms with van der Waals surface area (Å²) in [6, 6.07) is 12.0. The number of carbonyl (C=O) groups excluding carboxylic acids is 1. The number of nitrogens with zero attached hydrogens (tertiary/aromatic N) is 1. The predicted octanol–water partition coefficient (Wildman–Crippen LogP) is 2.68. The zero-order valence-electron chi connectivity index (χ0n) is 13.0. The Morgan fingerprint density at radius 2 is 2.05 bits per heavy atom. The molecule has 1 amide bonds. The van der Waals surface area contributed by atoms with Crippen LogP contribution in [0.5, 0.6) is 5.75 Å². The maximum atomic E-state index is 11.8. The molecule has 0 unspecified atom stereocenters. The Bertz CT molecular complexity index is 567. The lowest BCUT2D eigenvalue weighted by atomic mass is 10.2. The monoisotopic (exact) mass is 318 g/mol. The molecule has 22 heavy (non-hydrogen) atoms. The van der Waals surface area contributed by atoms with Gasteiger partial charge in [-0.1, -0.05) is 23.8 Å². The van der Waals surface area contributed by atoms with E-state index in [0.29, 0.717) is 26.2 Å². The molecule has 5 heteroatoms. The Balaban J connectivity index is 1.61. The van der Waals surface area contributed by atoms with Crippen LogP contribution in [0.2, 0.25) is 0 Å². The highest BCUT2D eigenvalue weighted by Crippen LogP contribution is 2.11. The highest BCUT2D eigenvalue weighted by molar-refractivity contribution is 7.09. The summed E-state index contributed by atoms with van der Waals surface area (Å²) in [6.07, 6.45) is 0. The minimum Gasteiger partial charge on any atom is -0.492 e. The lowest BCUT2D eigenvalue weighted by molar-refractivity contribution is -0.122. The third kappa shape index (κ3) is 5.87. The summed E-state index contributed by atoms with van der Waals surface area (Å²) >= 11 is 1.65. The molecule has 1 N–H and O–H groups in total. The van der Waals surface area contributed by atoms with Gasteiger partial charge in [0.15, 0.2) is 0 Å². The van der Waals surface area contributed by atoms with Crippen molar-refractivity contribution in [3.63, 3.8) is 0 Å². The van der Waals surface area contributed by atoms with E-state index in [1.165, 1.54) is 10.4 Å². The number of rotatable bonds is 8. The molecule has 1 aromatic carbocycles. The van der Waals surface area contributed by atoms with Crippen LogP contribution in [-0.4, -0.2) is 37.6 Å². The summed E-state index contributed by atoms with van der Waals surface area (Å²) in [7, 11) is 1.92. The van der Waals surface area contributed by atoms with Crippen LogP contribution in [-0.2, 0) is 11.3 Å². The maximum Gasteiger partial charge on any atom is 0.234 e. The standard InChI is InChI=1S/C17H22N2O2S/c1-14-5-7-15(8-6-14)21-10-9-19(2)13-17(20)18-12-16-4-3-11-22-16/h3-8,11H,9-10,12-13H2,1-2H3,(H,18,20). The van der Waals surface area contributed by atoms with Gasteiger partial charge in [0.1, 0.15) is 12.4 Å². The van der Waals surface area contributed by atoms with Gasteiger partial charge < -0.3 is 10.1 Å². The van der Waals surface area contributed by atoms with Gasteiger partial charge >= 0.3 is 0 Å². The summed E-state index contributed by atoms with van der Waals surface area (Å²) in [5, 5.41) is 4.93. The lowest BCUT2D eigenvalue weighted by Crippen LogP contribution is -2.36. The summed E-state index contributed by atoms with van der Waals surface area (Å²) in [6.45, 7) is 4.30. The van der Waals surface area contributed by atoms with Crippen LogP contribution in [0.3, 0.4) is 0 Å². The third-order valence-electron chi connectivity index (χ3n) is 3.22. The number of hydrogen-bond acceptors (Lipinski definition) is 4. The lowest BCUT2D eigenvalue weighted by Gasteiger charge is -2.16. The van der Waals surface area contributed by atoms with Gasteiger partial charge in [-0.2, -0.15) is 0 Å². The zero-order valence-corrected chi connectivity index (χ0v) is 13.9. The van der Waals surface area contributed by atoms with Crippen molar-refractivity contribution in [2.45, 2.75) is 13.5 Å². The highest BCUT2D eigenvalue weighted by atomic mass is 32.1. The first-order valence-corrected chi connectivity index (χ1v) is 8.18. The number of ether oxygens (including phenoxy) is 1. The number of carbonyl (C=O) groups is 1. The number of hydrogen-bond donors (Lipinski definition) is 1. The molecule has 0 fully saturated rings. The second-order valence-electron chi connectivity index (χ2n) is 5.26. The Kier molecular flexibility index (Phi) is 6.43. The fourth-order valence-corrected chi connectivity index (χ4v) is 2.58. The molecule has 2 aromatic rings. The fraction of sp³-hybridized carbons (Fsp3) is 0.353. The molecule has 1 heterocycles. The van der Waals surface area contributed by atoms with Crippen LogP contribution < -0.4 is 10.1 Å². The molecule has 0 atom stereocenters. The van der Waals surface area contributed by atoms with Gasteiger partial charge in [-0.05, 0) is 37.6 Å². The normalized spacial score (nSPS) is 10.7. The smallest absolute Gasteiger partial charge is 0.234 e. The van der Waals surface area contributed by atoms with E-state index in [9.17, 15) is 4.79 Å². The van der Waals surface area contributed by atoms with Crippen molar-refractivity contribution in [1.29, 1.82) is 0 Å². The Morgan fingerprint density at radius 1 is 1.27 bits per heavy atom. The molecule has 118 valence electrons. The van der Waals surface area contributed by atoms with Gasteiger partial charge in [-0.25, -0.2) is 0 Å². The Hall–Kier alpha value is -1.85. The van der Waals surface area contributed by atoms with Gasteiger partial charge in [0.25, 0.3) is 0 Å². The van der Waals surface area contributed by atoms with E-state index in [0.717, 1.165) is 5.75 Å². The highest BCUT2D eigenvalue weighted by Gasteiger charge is 2.06. The van der Waals surface area contributed by atoms with Crippen LogP contribution in [0.25, 0.3) is 0 Å². The first kappa shape index (κ1) is 16.5. The van der Waals surface area contributed by atoms with Crippen molar-refractivity contribution in [3.8, 4) is 5.75 Å². The first-order chi connectivity index (χ1) is 10.6. The second-order valence-corrected chi connectivity index (χ2v) is 6.29. The molecule has 0 radical (unpaired) electrons. The van der Waals surface area contributed by atoms with Crippen molar-refractivity contribution < 1.29 is 9.53 Å². The molecule has 0 saturated carbocycles. The van der Waals surface area contributed by atoms with Crippen molar-refractivity contribution in [1.82, 2.24) is 10.2 Å². The molecule has 0 bridgehead atoms. The van der Waals surface area contributed by atoms with Crippen molar-refractivity contribution in [2.24, 2.45) is 0 Å². The van der Waals surface area contributed by atoms with E-state index in [-0.39, 0.29) is 5.91 Å². The number of benzene rings is 1.